The van der Waals surface area contributed by atoms with Crippen molar-refractivity contribution in [1.29, 1.82) is 0 Å². The Balaban J connectivity index is 1.79. The third-order valence-electron chi connectivity index (χ3n) is 7.32. The molecule has 2 amide bonds. The van der Waals surface area contributed by atoms with Gasteiger partial charge in [-0.15, -0.1) is 0 Å². The number of methoxy groups -OCH3 is 1. The minimum atomic E-state index is -4.19. The van der Waals surface area contributed by atoms with Gasteiger partial charge in [-0.25, -0.2) is 8.42 Å². The van der Waals surface area contributed by atoms with Crippen molar-refractivity contribution < 1.29 is 22.7 Å². The fourth-order valence-corrected chi connectivity index (χ4v) is 6.55. The van der Waals surface area contributed by atoms with E-state index in [1.807, 2.05) is 61.5 Å². The molecule has 0 spiro atoms. The van der Waals surface area contributed by atoms with Gasteiger partial charge in [-0.1, -0.05) is 96.0 Å². The first-order chi connectivity index (χ1) is 21.7. The van der Waals surface area contributed by atoms with Crippen LogP contribution in [0.2, 0.25) is 0 Å². The minimum absolute atomic E-state index is 0.0400. The summed E-state index contributed by atoms with van der Waals surface area (Å²) in [4.78, 5) is 29.8. The molecule has 8 nitrogen and oxygen atoms in total. The van der Waals surface area contributed by atoms with E-state index in [2.05, 4.69) is 21.2 Å². The Kier molecular flexibility index (Phi) is 12.2. The fourth-order valence-electron chi connectivity index (χ4n) is 4.86. The summed E-state index contributed by atoms with van der Waals surface area (Å²) >= 11 is 3.46. The second-order valence-electron chi connectivity index (χ2n) is 10.5. The topological polar surface area (TPSA) is 96.0 Å². The molecule has 45 heavy (non-hydrogen) atoms. The molecule has 0 aromatic heterocycles. The lowest BCUT2D eigenvalue weighted by Crippen LogP contribution is -2.53. The van der Waals surface area contributed by atoms with Crippen molar-refractivity contribution in [3.05, 3.63) is 125 Å². The molecule has 0 unspecified atom stereocenters. The van der Waals surface area contributed by atoms with E-state index in [0.717, 1.165) is 32.7 Å². The van der Waals surface area contributed by atoms with Crippen LogP contribution in [-0.4, -0.2) is 51.4 Å². The van der Waals surface area contributed by atoms with Crippen molar-refractivity contribution in [2.45, 2.75) is 43.7 Å². The van der Waals surface area contributed by atoms with E-state index in [1.165, 1.54) is 24.1 Å². The molecule has 1 N–H and O–H groups in total. The number of carbonyl (C=O) groups is 2. The van der Waals surface area contributed by atoms with E-state index in [9.17, 15) is 18.0 Å². The van der Waals surface area contributed by atoms with Gasteiger partial charge in [-0.3, -0.25) is 13.9 Å². The fraction of sp³-hybridized carbons (Fsp3) is 0.257. The number of anilines is 1. The zero-order valence-electron chi connectivity index (χ0n) is 25.4. The Labute approximate surface area is 274 Å². The first-order valence-corrected chi connectivity index (χ1v) is 17.0. The van der Waals surface area contributed by atoms with Gasteiger partial charge < -0.3 is 15.0 Å². The van der Waals surface area contributed by atoms with Gasteiger partial charge in [0.25, 0.3) is 10.0 Å². The summed E-state index contributed by atoms with van der Waals surface area (Å²) < 4.78 is 35.5. The predicted octanol–water partition coefficient (Wildman–Crippen LogP) is 6.21. The Morgan fingerprint density at radius 1 is 0.867 bits per heavy atom. The van der Waals surface area contributed by atoms with Gasteiger partial charge in [-0.05, 0) is 53.9 Å². The summed E-state index contributed by atoms with van der Waals surface area (Å²) in [6.45, 7) is 2.08. The maximum atomic E-state index is 14.5. The standard InChI is InChI=1S/C35H38BrN3O5S/c1-3-4-22-37-35(41)33(23-27-12-7-5-8-13-27)38(25-28-18-20-29(36)21-19-28)34(40)26-39(30-14-11-15-31(24-30)44-2)45(42,43)32-16-9-6-10-17-32/h5-21,24,33H,3-4,22-23,25-26H2,1-2H3,(H,37,41)/t33-/m1/s1. The highest BCUT2D eigenvalue weighted by Gasteiger charge is 2.34. The molecule has 0 saturated heterocycles. The van der Waals surface area contributed by atoms with Crippen molar-refractivity contribution in [1.82, 2.24) is 10.2 Å². The van der Waals surface area contributed by atoms with E-state index < -0.39 is 28.5 Å². The second kappa shape index (κ2) is 16.2. The molecule has 4 aromatic carbocycles. The van der Waals surface area contributed by atoms with Gasteiger partial charge in [0.15, 0.2) is 0 Å². The van der Waals surface area contributed by atoms with Crippen LogP contribution in [0.4, 0.5) is 5.69 Å². The van der Waals surface area contributed by atoms with E-state index >= 15 is 0 Å². The number of ether oxygens (including phenoxy) is 1. The Bertz CT molecular complexity index is 1650. The van der Waals surface area contributed by atoms with Crippen LogP contribution >= 0.6 is 15.9 Å². The number of hydrogen-bond donors (Lipinski definition) is 1. The highest BCUT2D eigenvalue weighted by Crippen LogP contribution is 2.28. The van der Waals surface area contributed by atoms with E-state index in [1.54, 1.807) is 42.5 Å². The summed E-state index contributed by atoms with van der Waals surface area (Å²) in [5.41, 5.74) is 1.94. The summed E-state index contributed by atoms with van der Waals surface area (Å²) in [7, 11) is -2.69. The van der Waals surface area contributed by atoms with Crippen LogP contribution in [0.5, 0.6) is 5.75 Å². The summed E-state index contributed by atoms with van der Waals surface area (Å²) in [6.07, 6.45) is 1.95. The lowest BCUT2D eigenvalue weighted by molar-refractivity contribution is -0.140. The monoisotopic (exact) mass is 691 g/mol. The summed E-state index contributed by atoms with van der Waals surface area (Å²) in [5.74, 6) is -0.374. The quantitative estimate of drug-likeness (QED) is 0.150. The molecule has 10 heteroatoms. The molecule has 0 saturated carbocycles. The van der Waals surface area contributed by atoms with Gasteiger partial charge in [-0.2, -0.15) is 0 Å². The molecule has 4 rings (SSSR count). The molecule has 0 aliphatic rings. The molecule has 1 atom stereocenters. The van der Waals surface area contributed by atoms with Crippen LogP contribution < -0.4 is 14.4 Å². The highest BCUT2D eigenvalue weighted by molar-refractivity contribution is 9.10. The van der Waals surface area contributed by atoms with E-state index in [4.69, 9.17) is 4.74 Å². The first kappa shape index (κ1) is 33.7. The average molecular weight is 693 g/mol. The Morgan fingerprint density at radius 3 is 2.18 bits per heavy atom. The van der Waals surface area contributed by atoms with Crippen molar-refractivity contribution >= 4 is 43.5 Å². The maximum absolute atomic E-state index is 14.5. The molecule has 0 radical (unpaired) electrons. The third kappa shape index (κ3) is 9.18. The molecule has 0 fully saturated rings. The van der Waals surface area contributed by atoms with E-state index in [0.29, 0.717) is 12.3 Å². The lowest BCUT2D eigenvalue weighted by atomic mass is 10.0. The average Bonchev–Trinajstić information content (AvgIpc) is 3.06. The number of sulfonamides is 1. The lowest BCUT2D eigenvalue weighted by Gasteiger charge is -2.34. The number of nitrogens with zero attached hydrogens (tertiary/aromatic N) is 2. The normalized spacial score (nSPS) is 11.8. The molecular formula is C35H38BrN3O5S. The summed E-state index contributed by atoms with van der Waals surface area (Å²) in [6, 6.07) is 30.6. The second-order valence-corrected chi connectivity index (χ2v) is 13.3. The van der Waals surface area contributed by atoms with Gasteiger partial charge in [0.1, 0.15) is 18.3 Å². The van der Waals surface area contributed by atoms with Crippen molar-refractivity contribution in [3.63, 3.8) is 0 Å². The van der Waals surface area contributed by atoms with Crippen LogP contribution in [0.25, 0.3) is 0 Å². The molecule has 236 valence electrons. The molecule has 0 bridgehead atoms. The number of carbonyl (C=O) groups excluding carboxylic acids is 2. The van der Waals surface area contributed by atoms with Crippen LogP contribution in [0.15, 0.2) is 119 Å². The van der Waals surface area contributed by atoms with Gasteiger partial charge in [0, 0.05) is 30.0 Å². The molecule has 4 aromatic rings. The SMILES string of the molecule is CCCCNC(=O)[C@@H](Cc1ccccc1)N(Cc1ccc(Br)cc1)C(=O)CN(c1cccc(OC)c1)S(=O)(=O)c1ccccc1. The number of hydrogen-bond acceptors (Lipinski definition) is 5. The van der Waals surface area contributed by atoms with Crippen LogP contribution in [0.3, 0.4) is 0 Å². The van der Waals surface area contributed by atoms with Crippen LogP contribution in [0.1, 0.15) is 30.9 Å². The number of unbranched alkanes of at least 4 members (excludes halogenated alkanes) is 1. The number of amides is 2. The van der Waals surface area contributed by atoms with Crippen LogP contribution in [-0.2, 0) is 32.6 Å². The van der Waals surface area contributed by atoms with Crippen LogP contribution in [0, 0.1) is 0 Å². The Hall–Kier alpha value is -4.15. The molecule has 0 aliphatic carbocycles. The third-order valence-corrected chi connectivity index (χ3v) is 9.63. The zero-order chi connectivity index (χ0) is 32.2. The number of nitrogens with one attached hydrogen (secondary N) is 1. The molecular weight excluding hydrogens is 654 g/mol. The smallest absolute Gasteiger partial charge is 0.264 e. The number of halogens is 1. The number of rotatable bonds is 15. The predicted molar refractivity (Wildman–Crippen MR) is 181 cm³/mol. The van der Waals surface area contributed by atoms with Crippen molar-refractivity contribution in [2.24, 2.45) is 0 Å². The Morgan fingerprint density at radius 2 is 1.53 bits per heavy atom. The van der Waals surface area contributed by atoms with Gasteiger partial charge in [0.05, 0.1) is 17.7 Å². The first-order valence-electron chi connectivity index (χ1n) is 14.8. The highest BCUT2D eigenvalue weighted by atomic mass is 79.9. The largest absolute Gasteiger partial charge is 0.497 e. The molecule has 0 heterocycles. The van der Waals surface area contributed by atoms with E-state index in [-0.39, 0.29) is 29.5 Å². The van der Waals surface area contributed by atoms with Gasteiger partial charge >= 0.3 is 0 Å². The van der Waals surface area contributed by atoms with Crippen molar-refractivity contribution in [3.8, 4) is 5.75 Å². The van der Waals surface area contributed by atoms with Crippen molar-refractivity contribution in [2.75, 3.05) is 24.5 Å². The zero-order valence-corrected chi connectivity index (χ0v) is 27.8. The minimum Gasteiger partial charge on any atom is -0.497 e. The summed E-state index contributed by atoms with van der Waals surface area (Å²) in [5, 5.41) is 3.00. The van der Waals surface area contributed by atoms with Gasteiger partial charge in [0.2, 0.25) is 11.8 Å². The maximum Gasteiger partial charge on any atom is 0.264 e. The molecule has 0 aliphatic heterocycles. The number of benzene rings is 4.